The first kappa shape index (κ1) is 16.0. The maximum Gasteiger partial charge on any atom is 0.407 e. The summed E-state index contributed by atoms with van der Waals surface area (Å²) in [6, 6.07) is 4.38. The number of aryl methyl sites for hydroxylation is 1. The summed E-state index contributed by atoms with van der Waals surface area (Å²) in [6.45, 7) is 3.47. The summed E-state index contributed by atoms with van der Waals surface area (Å²) >= 11 is 0. The monoisotopic (exact) mass is 332 g/mol. The third-order valence-corrected chi connectivity index (χ3v) is 4.37. The molecule has 3 N–H and O–H groups in total. The molecule has 0 aliphatic carbocycles. The molecule has 8 heteroatoms. The number of hydrogen-bond donors (Lipinski definition) is 2. The Bertz CT molecular complexity index is 819. The quantitative estimate of drug-likeness (QED) is 0.878. The SMILES string of the molecule is Cc1cn(-c2ccc(C(C)(C(N)=O)C3CNC(=O)O3)cc2F)cn1. The average Bonchev–Trinajstić information content (AvgIpc) is 3.15. The molecule has 2 atom stereocenters. The first-order valence-electron chi connectivity index (χ1n) is 7.37. The molecule has 7 nitrogen and oxygen atoms in total. The van der Waals surface area contributed by atoms with Crippen molar-refractivity contribution in [3.8, 4) is 5.69 Å². The lowest BCUT2D eigenvalue weighted by atomic mass is 9.76. The van der Waals surface area contributed by atoms with Crippen LogP contribution in [0.3, 0.4) is 0 Å². The lowest BCUT2D eigenvalue weighted by Crippen LogP contribution is -2.49. The highest BCUT2D eigenvalue weighted by Gasteiger charge is 2.47. The smallest absolute Gasteiger partial charge is 0.407 e. The number of aromatic nitrogens is 2. The van der Waals surface area contributed by atoms with Crippen LogP contribution in [0.15, 0.2) is 30.7 Å². The van der Waals surface area contributed by atoms with Gasteiger partial charge in [-0.2, -0.15) is 0 Å². The fraction of sp³-hybridized carbons (Fsp3) is 0.312. The van der Waals surface area contributed by atoms with Crippen LogP contribution in [0.4, 0.5) is 9.18 Å². The van der Waals surface area contributed by atoms with Crippen LogP contribution in [-0.4, -0.2) is 34.2 Å². The molecule has 0 bridgehead atoms. The number of nitrogens with zero attached hydrogens (tertiary/aromatic N) is 2. The average molecular weight is 332 g/mol. The summed E-state index contributed by atoms with van der Waals surface area (Å²) in [4.78, 5) is 27.4. The lowest BCUT2D eigenvalue weighted by Gasteiger charge is -2.31. The first-order chi connectivity index (χ1) is 11.3. The Kier molecular flexibility index (Phi) is 3.75. The normalized spacial score (nSPS) is 19.5. The number of carbonyl (C=O) groups is 2. The van der Waals surface area contributed by atoms with Crippen molar-refractivity contribution in [1.82, 2.24) is 14.9 Å². The zero-order valence-electron chi connectivity index (χ0n) is 13.2. The van der Waals surface area contributed by atoms with Crippen LogP contribution < -0.4 is 11.1 Å². The van der Waals surface area contributed by atoms with Gasteiger partial charge in [-0.1, -0.05) is 6.07 Å². The maximum atomic E-state index is 14.6. The molecule has 24 heavy (non-hydrogen) atoms. The van der Waals surface area contributed by atoms with Gasteiger partial charge >= 0.3 is 6.09 Å². The molecular formula is C16H17FN4O3. The van der Waals surface area contributed by atoms with Gasteiger partial charge in [0.2, 0.25) is 5.91 Å². The Balaban J connectivity index is 2.02. The predicted octanol–water partition coefficient (Wildman–Crippen LogP) is 1.17. The van der Waals surface area contributed by atoms with E-state index in [2.05, 4.69) is 10.3 Å². The van der Waals surface area contributed by atoms with Gasteiger partial charge in [0, 0.05) is 6.20 Å². The fourth-order valence-corrected chi connectivity index (χ4v) is 2.79. The molecule has 1 saturated heterocycles. The second kappa shape index (κ2) is 5.63. The van der Waals surface area contributed by atoms with Gasteiger partial charge in [-0.3, -0.25) is 4.79 Å². The number of benzene rings is 1. The minimum atomic E-state index is -1.34. The molecule has 3 rings (SSSR count). The third kappa shape index (κ3) is 2.49. The highest BCUT2D eigenvalue weighted by atomic mass is 19.1. The van der Waals surface area contributed by atoms with E-state index in [9.17, 15) is 14.0 Å². The number of hydrogen-bond acceptors (Lipinski definition) is 4. The Hall–Kier alpha value is -2.90. The predicted molar refractivity (Wildman–Crippen MR) is 83.1 cm³/mol. The van der Waals surface area contributed by atoms with Crippen LogP contribution in [0.5, 0.6) is 0 Å². The van der Waals surface area contributed by atoms with Crippen molar-refractivity contribution in [2.24, 2.45) is 5.73 Å². The second-order valence-corrected chi connectivity index (χ2v) is 5.93. The van der Waals surface area contributed by atoms with E-state index in [-0.39, 0.29) is 6.54 Å². The van der Waals surface area contributed by atoms with Crippen LogP contribution >= 0.6 is 0 Å². The lowest BCUT2D eigenvalue weighted by molar-refractivity contribution is -0.126. The molecule has 2 aromatic rings. The Morgan fingerprint density at radius 1 is 1.54 bits per heavy atom. The summed E-state index contributed by atoms with van der Waals surface area (Å²) in [7, 11) is 0. The number of nitrogens with one attached hydrogen (secondary N) is 1. The molecule has 1 fully saturated rings. The van der Waals surface area contributed by atoms with Gasteiger partial charge in [0.1, 0.15) is 17.3 Å². The van der Waals surface area contributed by atoms with Crippen molar-refractivity contribution in [3.05, 3.63) is 47.8 Å². The van der Waals surface area contributed by atoms with Gasteiger partial charge in [-0.25, -0.2) is 14.2 Å². The van der Waals surface area contributed by atoms with Crippen LogP contribution in [0.1, 0.15) is 18.2 Å². The number of cyclic esters (lactones) is 1. The second-order valence-electron chi connectivity index (χ2n) is 5.93. The largest absolute Gasteiger partial charge is 0.443 e. The van der Waals surface area contributed by atoms with Gasteiger partial charge in [-0.15, -0.1) is 0 Å². The highest BCUT2D eigenvalue weighted by molar-refractivity contribution is 5.88. The summed E-state index contributed by atoms with van der Waals surface area (Å²) in [5, 5.41) is 2.48. The highest BCUT2D eigenvalue weighted by Crippen LogP contribution is 2.32. The molecule has 1 aliphatic rings. The topological polar surface area (TPSA) is 99.2 Å². The Morgan fingerprint density at radius 3 is 2.79 bits per heavy atom. The number of ether oxygens (including phenoxy) is 1. The van der Waals surface area contributed by atoms with Crippen molar-refractivity contribution in [2.75, 3.05) is 6.54 Å². The molecule has 2 amide bonds. The standard InChI is InChI=1S/C16H17FN4O3/c1-9-7-21(8-20-9)12-4-3-10(5-11(12)17)16(2,14(18)22)13-6-19-15(23)24-13/h3-5,7-8,13H,6H2,1-2H3,(H2,18,22)(H,19,23). The number of nitrogens with two attached hydrogens (primary N) is 1. The molecular weight excluding hydrogens is 315 g/mol. The molecule has 0 radical (unpaired) electrons. The van der Waals surface area contributed by atoms with Gasteiger partial charge in [0.05, 0.1) is 24.3 Å². The molecule has 0 spiro atoms. The number of imidazole rings is 1. The summed E-state index contributed by atoms with van der Waals surface area (Å²) < 4.78 is 21.2. The minimum Gasteiger partial charge on any atom is -0.443 e. The zero-order chi connectivity index (χ0) is 17.5. The molecule has 1 aliphatic heterocycles. The molecule has 126 valence electrons. The summed E-state index contributed by atoms with van der Waals surface area (Å²) in [5.41, 5.74) is 5.59. The van der Waals surface area contributed by atoms with Crippen LogP contribution in [-0.2, 0) is 14.9 Å². The summed E-state index contributed by atoms with van der Waals surface area (Å²) in [6.07, 6.45) is 1.76. The maximum absolute atomic E-state index is 14.6. The summed E-state index contributed by atoms with van der Waals surface area (Å²) in [5.74, 6) is -1.23. The third-order valence-electron chi connectivity index (χ3n) is 4.37. The van der Waals surface area contributed by atoms with Crippen LogP contribution in [0.25, 0.3) is 5.69 Å². The van der Waals surface area contributed by atoms with E-state index >= 15 is 0 Å². The number of alkyl carbamates (subject to hydrolysis) is 1. The number of carbonyl (C=O) groups excluding carboxylic acids is 2. The van der Waals surface area contributed by atoms with E-state index < -0.39 is 29.3 Å². The van der Waals surface area contributed by atoms with Crippen molar-refractivity contribution in [2.45, 2.75) is 25.4 Å². The van der Waals surface area contributed by atoms with Crippen molar-refractivity contribution >= 4 is 12.0 Å². The van der Waals surface area contributed by atoms with E-state index in [1.54, 1.807) is 23.8 Å². The molecule has 2 heterocycles. The van der Waals surface area contributed by atoms with Crippen LogP contribution in [0.2, 0.25) is 0 Å². The molecule has 1 aromatic heterocycles. The Morgan fingerprint density at radius 2 is 2.29 bits per heavy atom. The van der Waals surface area contributed by atoms with E-state index in [1.807, 2.05) is 0 Å². The van der Waals surface area contributed by atoms with Crippen molar-refractivity contribution in [1.29, 1.82) is 0 Å². The number of primary amides is 1. The van der Waals surface area contributed by atoms with Gasteiger partial charge in [0.25, 0.3) is 0 Å². The van der Waals surface area contributed by atoms with Gasteiger partial charge < -0.3 is 20.4 Å². The van der Waals surface area contributed by atoms with Gasteiger partial charge in [0.15, 0.2) is 0 Å². The molecule has 1 aromatic carbocycles. The molecule has 2 unspecified atom stereocenters. The van der Waals surface area contributed by atoms with Crippen molar-refractivity contribution in [3.63, 3.8) is 0 Å². The fourth-order valence-electron chi connectivity index (χ4n) is 2.79. The first-order valence-corrected chi connectivity index (χ1v) is 7.37. The van der Waals surface area contributed by atoms with Crippen LogP contribution in [0, 0.1) is 12.7 Å². The van der Waals surface area contributed by atoms with E-state index in [0.29, 0.717) is 11.3 Å². The number of rotatable bonds is 4. The number of amides is 2. The zero-order valence-corrected chi connectivity index (χ0v) is 13.2. The van der Waals surface area contributed by atoms with E-state index in [1.165, 1.54) is 25.4 Å². The van der Waals surface area contributed by atoms with Gasteiger partial charge in [-0.05, 0) is 31.5 Å². The Labute approximate surface area is 137 Å². The van der Waals surface area contributed by atoms with E-state index in [4.69, 9.17) is 10.5 Å². The van der Waals surface area contributed by atoms with E-state index in [0.717, 1.165) is 5.69 Å². The number of halogens is 1. The molecule has 0 saturated carbocycles. The van der Waals surface area contributed by atoms with Crippen molar-refractivity contribution < 1.29 is 18.7 Å². The minimum absolute atomic E-state index is 0.127.